The first-order chi connectivity index (χ1) is 18.9. The number of anilines is 2. The molecule has 3 aromatic carbocycles. The summed E-state index contributed by atoms with van der Waals surface area (Å²) in [6.45, 7) is 5.59. The second-order valence-electron chi connectivity index (χ2n) is 9.25. The van der Waals surface area contributed by atoms with Crippen molar-refractivity contribution >= 4 is 38.2 Å². The zero-order valence-electron chi connectivity index (χ0n) is 21.5. The molecule has 0 aliphatic rings. The fraction of sp³-hybridized carbons (Fsp3) is 0.0690. The van der Waals surface area contributed by atoms with Crippen molar-refractivity contribution in [2.24, 2.45) is 7.05 Å². The number of ether oxygens (including phenoxy) is 1. The van der Waals surface area contributed by atoms with Crippen molar-refractivity contribution in [3.05, 3.63) is 100 Å². The molecule has 0 atom stereocenters. The van der Waals surface area contributed by atoms with Crippen molar-refractivity contribution in [3.63, 3.8) is 0 Å². The first-order valence-corrected chi connectivity index (χ1v) is 13.4. The molecule has 0 amide bonds. The van der Waals surface area contributed by atoms with Gasteiger partial charge in [-0.2, -0.15) is 0 Å². The van der Waals surface area contributed by atoms with Gasteiger partial charge < -0.3 is 25.8 Å². The van der Waals surface area contributed by atoms with Crippen molar-refractivity contribution in [1.82, 2.24) is 9.55 Å². The molecule has 0 radical (unpaired) electrons. The fourth-order valence-corrected chi connectivity index (χ4v) is 5.64. The number of nitrogens with two attached hydrogens (primary N) is 2. The van der Waals surface area contributed by atoms with Crippen LogP contribution in [0.5, 0.6) is 11.5 Å². The highest BCUT2D eigenvalue weighted by atomic mass is 32.2. The van der Waals surface area contributed by atoms with Crippen LogP contribution in [0.1, 0.15) is 11.1 Å². The van der Waals surface area contributed by atoms with Crippen LogP contribution in [-0.2, 0) is 16.9 Å². The van der Waals surface area contributed by atoms with Crippen LogP contribution in [0.3, 0.4) is 0 Å². The first-order valence-electron chi connectivity index (χ1n) is 11.9. The Hall–Kier alpha value is -4.90. The van der Waals surface area contributed by atoms with Crippen molar-refractivity contribution in [2.45, 2.75) is 16.8 Å². The van der Waals surface area contributed by atoms with E-state index in [1.54, 1.807) is 18.2 Å². The van der Waals surface area contributed by atoms with E-state index in [2.05, 4.69) is 11.6 Å². The Balaban J connectivity index is 1.80. The Morgan fingerprint density at radius 1 is 1.00 bits per heavy atom. The summed E-state index contributed by atoms with van der Waals surface area (Å²) >= 11 is 0. The summed E-state index contributed by atoms with van der Waals surface area (Å²) in [4.78, 5) is 15.9. The fourth-order valence-electron chi connectivity index (χ4n) is 4.38. The predicted octanol–water partition coefficient (Wildman–Crippen LogP) is 5.55. The third-order valence-electron chi connectivity index (χ3n) is 6.57. The van der Waals surface area contributed by atoms with Gasteiger partial charge in [0.05, 0.1) is 16.3 Å². The second kappa shape index (κ2) is 9.69. The van der Waals surface area contributed by atoms with Crippen LogP contribution in [0.15, 0.2) is 82.1 Å². The van der Waals surface area contributed by atoms with E-state index in [4.69, 9.17) is 16.2 Å². The van der Waals surface area contributed by atoms with Gasteiger partial charge in [-0.05, 0) is 48.9 Å². The number of aromatic amines is 1. The third kappa shape index (κ3) is 4.39. The number of benzene rings is 3. The largest absolute Gasteiger partial charge is 0.451 e. The minimum absolute atomic E-state index is 0.0140. The van der Waals surface area contributed by atoms with Gasteiger partial charge in [0, 0.05) is 35.8 Å². The Morgan fingerprint density at radius 2 is 1.70 bits per heavy atom. The molecule has 8 nitrogen and oxygen atoms in total. The highest BCUT2D eigenvalue weighted by Crippen LogP contribution is 2.45. The van der Waals surface area contributed by atoms with Gasteiger partial charge in [-0.1, -0.05) is 30.4 Å². The van der Waals surface area contributed by atoms with Crippen molar-refractivity contribution in [3.8, 4) is 22.6 Å². The molecule has 0 saturated carbocycles. The van der Waals surface area contributed by atoms with Crippen molar-refractivity contribution in [2.75, 3.05) is 11.5 Å². The summed E-state index contributed by atoms with van der Waals surface area (Å²) in [6, 6.07) is 12.0. The number of aryl methyl sites for hydroxylation is 2. The van der Waals surface area contributed by atoms with Gasteiger partial charge in [-0.25, -0.2) is 17.2 Å². The number of sulfone groups is 1. The molecule has 0 aliphatic heterocycles. The lowest BCUT2D eigenvalue weighted by Crippen LogP contribution is -2.17. The van der Waals surface area contributed by atoms with Gasteiger partial charge in [0.1, 0.15) is 16.4 Å². The van der Waals surface area contributed by atoms with E-state index >= 15 is 0 Å². The molecule has 5 aromatic rings. The number of rotatable bonds is 6. The SMILES string of the molecule is C=Cc1cc(-c2cn(C)c(=O)c3[nH]c(S(=O)(=O)c4ccc(C)cc4)cc23)c(Oc2ccc(F)cc2F)c(N)c1N. The normalized spacial score (nSPS) is 11.6. The maximum absolute atomic E-state index is 14.6. The number of hydrogen-bond acceptors (Lipinski definition) is 6. The number of fused-ring (bicyclic) bond motifs is 1. The molecule has 11 heteroatoms. The van der Waals surface area contributed by atoms with Crippen molar-refractivity contribution < 1.29 is 21.9 Å². The van der Waals surface area contributed by atoms with E-state index in [1.807, 2.05) is 6.92 Å². The molecule has 0 aliphatic carbocycles. The smallest absolute Gasteiger partial charge is 0.274 e. The summed E-state index contributed by atoms with van der Waals surface area (Å²) in [5, 5.41) is 0.0488. The van der Waals surface area contributed by atoms with Crippen LogP contribution in [0.25, 0.3) is 28.1 Å². The first kappa shape index (κ1) is 26.7. The molecule has 5 N–H and O–H groups in total. The molecule has 204 valence electrons. The van der Waals surface area contributed by atoms with E-state index in [-0.39, 0.29) is 49.3 Å². The van der Waals surface area contributed by atoms with Gasteiger partial charge in [0.15, 0.2) is 17.3 Å². The summed E-state index contributed by atoms with van der Waals surface area (Å²) in [6.07, 6.45) is 2.94. The summed E-state index contributed by atoms with van der Waals surface area (Å²) in [5.74, 6) is -2.17. The maximum Gasteiger partial charge on any atom is 0.274 e. The topological polar surface area (TPSA) is 133 Å². The molecule has 0 spiro atoms. The lowest BCUT2D eigenvalue weighted by atomic mass is 9.97. The quantitative estimate of drug-likeness (QED) is 0.232. The number of nitrogens with one attached hydrogen (secondary N) is 1. The molecule has 2 aromatic heterocycles. The molecule has 0 saturated heterocycles. The van der Waals surface area contributed by atoms with Crippen LogP contribution in [0.4, 0.5) is 20.2 Å². The van der Waals surface area contributed by atoms with E-state index in [0.29, 0.717) is 17.2 Å². The van der Waals surface area contributed by atoms with Gasteiger partial charge in [0.25, 0.3) is 5.56 Å². The Labute approximate surface area is 228 Å². The zero-order chi connectivity index (χ0) is 28.9. The van der Waals surface area contributed by atoms with E-state index in [0.717, 1.165) is 17.7 Å². The molecule has 40 heavy (non-hydrogen) atoms. The standard InChI is InChI=1S/C29H24F2N4O4S/c1-4-16-11-20(28(26(33)25(16)32)39-23-10-7-17(30)12-22(23)31)21-14-35(3)29(36)27-19(21)13-24(34-27)40(37,38)18-8-5-15(2)6-9-18/h4-14,34H,1,32-33H2,2-3H3. The number of H-pyrrole nitrogens is 1. The average molecular weight is 563 g/mol. The van der Waals surface area contributed by atoms with Crippen LogP contribution in [0.2, 0.25) is 0 Å². The molecule has 2 heterocycles. The average Bonchev–Trinajstić information content (AvgIpc) is 3.38. The maximum atomic E-state index is 14.6. The second-order valence-corrected chi connectivity index (χ2v) is 11.2. The van der Waals surface area contributed by atoms with Crippen LogP contribution >= 0.6 is 0 Å². The van der Waals surface area contributed by atoms with E-state index in [9.17, 15) is 22.0 Å². The molecular formula is C29H24F2N4O4S. The van der Waals surface area contributed by atoms with E-state index < -0.39 is 27.0 Å². The monoisotopic (exact) mass is 562 g/mol. The highest BCUT2D eigenvalue weighted by molar-refractivity contribution is 7.91. The van der Waals surface area contributed by atoms with Gasteiger partial charge in [0.2, 0.25) is 9.84 Å². The zero-order valence-corrected chi connectivity index (χ0v) is 22.3. The Morgan fingerprint density at radius 3 is 2.35 bits per heavy atom. The number of nitrogen functional groups attached to an aromatic ring is 2. The predicted molar refractivity (Wildman–Crippen MR) is 151 cm³/mol. The minimum Gasteiger partial charge on any atom is -0.451 e. The van der Waals surface area contributed by atoms with Gasteiger partial charge in [-0.15, -0.1) is 0 Å². The molecule has 0 fully saturated rings. The molecule has 5 rings (SSSR count). The van der Waals surface area contributed by atoms with Crippen LogP contribution < -0.4 is 21.8 Å². The van der Waals surface area contributed by atoms with Crippen LogP contribution in [-0.4, -0.2) is 18.0 Å². The Kier molecular flexibility index (Phi) is 6.47. The minimum atomic E-state index is -4.02. The van der Waals surface area contributed by atoms with Crippen molar-refractivity contribution in [1.29, 1.82) is 0 Å². The number of pyridine rings is 1. The summed E-state index contributed by atoms with van der Waals surface area (Å²) < 4.78 is 62.1. The molecule has 0 bridgehead atoms. The summed E-state index contributed by atoms with van der Waals surface area (Å²) in [5.41, 5.74) is 14.0. The highest BCUT2D eigenvalue weighted by Gasteiger charge is 2.25. The van der Waals surface area contributed by atoms with Gasteiger partial charge >= 0.3 is 0 Å². The third-order valence-corrected chi connectivity index (χ3v) is 8.26. The number of halogens is 2. The van der Waals surface area contributed by atoms with Gasteiger partial charge in [-0.3, -0.25) is 4.79 Å². The van der Waals surface area contributed by atoms with Crippen LogP contribution in [0, 0.1) is 18.6 Å². The molecular weight excluding hydrogens is 538 g/mol. The summed E-state index contributed by atoms with van der Waals surface area (Å²) in [7, 11) is -2.53. The van der Waals surface area contributed by atoms with E-state index in [1.165, 1.54) is 42.1 Å². The number of hydrogen-bond donors (Lipinski definition) is 3. The molecule has 0 unspecified atom stereocenters. The lowest BCUT2D eigenvalue weighted by molar-refractivity contribution is 0.441. The lowest BCUT2D eigenvalue weighted by Gasteiger charge is -2.18. The number of aromatic nitrogens is 2. The Bertz CT molecular complexity index is 2000. The number of nitrogens with zero attached hydrogens (tertiary/aromatic N) is 1.